The Bertz CT molecular complexity index is 270. The van der Waals surface area contributed by atoms with Crippen LogP contribution in [-0.4, -0.2) is 5.25 Å². The lowest BCUT2D eigenvalue weighted by Gasteiger charge is -2.07. The fourth-order valence-electron chi connectivity index (χ4n) is 0.836. The fraction of sp³-hybridized carbons (Fsp3) is 0.200. The van der Waals surface area contributed by atoms with E-state index in [0.29, 0.717) is 5.25 Å². The number of para-hydroxylation sites is 1. The molecule has 2 N–H and O–H groups in total. The van der Waals surface area contributed by atoms with Crippen LogP contribution in [-0.2, 0) is 0 Å². The van der Waals surface area contributed by atoms with Crippen LogP contribution >= 0.6 is 11.8 Å². The summed E-state index contributed by atoms with van der Waals surface area (Å²) in [5.41, 5.74) is 6.61. The monoisotopic (exact) mass is 179 g/mol. The molecule has 0 aliphatic heterocycles. The summed E-state index contributed by atoms with van der Waals surface area (Å²) in [6, 6.07) is 7.88. The first-order valence-corrected chi connectivity index (χ1v) is 4.75. The van der Waals surface area contributed by atoms with Gasteiger partial charge in [0.1, 0.15) is 0 Å². The zero-order valence-electron chi connectivity index (χ0n) is 7.16. The van der Waals surface area contributed by atoms with Crippen molar-refractivity contribution in [2.75, 3.05) is 5.73 Å². The number of nitrogen functional groups attached to an aromatic ring is 1. The van der Waals surface area contributed by atoms with Crippen LogP contribution in [0.3, 0.4) is 0 Å². The number of nitrogens with two attached hydrogens (primary N) is 1. The van der Waals surface area contributed by atoms with Gasteiger partial charge in [0.2, 0.25) is 0 Å². The molecule has 1 aromatic rings. The van der Waals surface area contributed by atoms with Crippen molar-refractivity contribution in [2.45, 2.75) is 17.1 Å². The molecule has 1 rings (SSSR count). The molecule has 0 heterocycles. The molecule has 0 bridgehead atoms. The van der Waals surface area contributed by atoms with E-state index < -0.39 is 0 Å². The van der Waals surface area contributed by atoms with Gasteiger partial charge in [-0.2, -0.15) is 0 Å². The SMILES string of the molecule is C=C[C@@H](C)Sc1ccccc1N. The Hall–Kier alpha value is -0.890. The maximum Gasteiger partial charge on any atom is 0.0452 e. The lowest BCUT2D eigenvalue weighted by atomic mass is 10.3. The van der Waals surface area contributed by atoms with Gasteiger partial charge in [-0.05, 0) is 19.1 Å². The highest BCUT2D eigenvalue weighted by Crippen LogP contribution is 2.28. The lowest BCUT2D eigenvalue weighted by molar-refractivity contribution is 1.24. The average Bonchev–Trinajstić information content (AvgIpc) is 2.09. The third-order valence-corrected chi connectivity index (χ3v) is 2.75. The molecule has 0 saturated heterocycles. The Labute approximate surface area is 77.7 Å². The largest absolute Gasteiger partial charge is 0.398 e. The van der Waals surface area contributed by atoms with Crippen molar-refractivity contribution >= 4 is 17.4 Å². The van der Waals surface area contributed by atoms with Crippen molar-refractivity contribution in [3.05, 3.63) is 36.9 Å². The minimum absolute atomic E-state index is 0.412. The van der Waals surface area contributed by atoms with E-state index in [9.17, 15) is 0 Å². The molecule has 0 unspecified atom stereocenters. The summed E-state index contributed by atoms with van der Waals surface area (Å²) in [5.74, 6) is 0. The zero-order chi connectivity index (χ0) is 8.97. The smallest absolute Gasteiger partial charge is 0.0452 e. The lowest BCUT2D eigenvalue weighted by Crippen LogP contribution is -1.92. The normalized spacial score (nSPS) is 12.4. The summed E-state index contributed by atoms with van der Waals surface area (Å²) >= 11 is 1.73. The molecule has 64 valence electrons. The predicted molar refractivity (Wildman–Crippen MR) is 56.4 cm³/mol. The van der Waals surface area contributed by atoms with Crippen LogP contribution in [0.25, 0.3) is 0 Å². The van der Waals surface area contributed by atoms with Gasteiger partial charge in [-0.25, -0.2) is 0 Å². The van der Waals surface area contributed by atoms with Gasteiger partial charge >= 0.3 is 0 Å². The summed E-state index contributed by atoms with van der Waals surface area (Å²) < 4.78 is 0. The van der Waals surface area contributed by atoms with Crippen LogP contribution in [0.1, 0.15) is 6.92 Å². The molecule has 0 aliphatic carbocycles. The van der Waals surface area contributed by atoms with Gasteiger partial charge in [-0.1, -0.05) is 18.2 Å². The van der Waals surface area contributed by atoms with Crippen molar-refractivity contribution in [3.63, 3.8) is 0 Å². The topological polar surface area (TPSA) is 26.0 Å². The molecule has 0 fully saturated rings. The Morgan fingerprint density at radius 2 is 2.17 bits per heavy atom. The van der Waals surface area contributed by atoms with Gasteiger partial charge in [0, 0.05) is 15.8 Å². The minimum atomic E-state index is 0.412. The maximum absolute atomic E-state index is 5.77. The van der Waals surface area contributed by atoms with E-state index in [4.69, 9.17) is 5.73 Å². The number of benzene rings is 1. The maximum atomic E-state index is 5.77. The summed E-state index contributed by atoms with van der Waals surface area (Å²) in [6.07, 6.45) is 1.91. The van der Waals surface area contributed by atoms with E-state index in [1.807, 2.05) is 30.3 Å². The van der Waals surface area contributed by atoms with E-state index in [0.717, 1.165) is 10.6 Å². The van der Waals surface area contributed by atoms with Gasteiger partial charge in [0.15, 0.2) is 0 Å². The molecule has 1 atom stereocenters. The van der Waals surface area contributed by atoms with Gasteiger partial charge in [-0.15, -0.1) is 18.3 Å². The Kier molecular flexibility index (Phi) is 3.23. The van der Waals surface area contributed by atoms with Crippen LogP contribution in [0.2, 0.25) is 0 Å². The van der Waals surface area contributed by atoms with E-state index in [1.165, 1.54) is 0 Å². The third-order valence-electron chi connectivity index (χ3n) is 1.56. The molecule has 0 saturated carbocycles. The van der Waals surface area contributed by atoms with Crippen molar-refractivity contribution in [2.24, 2.45) is 0 Å². The van der Waals surface area contributed by atoms with Crippen LogP contribution in [0.5, 0.6) is 0 Å². The molecular weight excluding hydrogens is 166 g/mol. The highest BCUT2D eigenvalue weighted by Gasteiger charge is 2.01. The first kappa shape index (κ1) is 9.20. The van der Waals surface area contributed by atoms with E-state index >= 15 is 0 Å². The molecule has 0 amide bonds. The summed E-state index contributed by atoms with van der Waals surface area (Å²) in [6.45, 7) is 5.83. The zero-order valence-corrected chi connectivity index (χ0v) is 7.97. The Morgan fingerprint density at radius 1 is 1.50 bits per heavy atom. The molecule has 0 radical (unpaired) electrons. The highest BCUT2D eigenvalue weighted by molar-refractivity contribution is 8.00. The van der Waals surface area contributed by atoms with Crippen molar-refractivity contribution in [1.29, 1.82) is 0 Å². The van der Waals surface area contributed by atoms with Gasteiger partial charge in [0.05, 0.1) is 0 Å². The Balaban J connectivity index is 2.75. The molecule has 0 aromatic heterocycles. The van der Waals surface area contributed by atoms with E-state index in [-0.39, 0.29) is 0 Å². The first-order chi connectivity index (χ1) is 5.74. The number of thioether (sulfide) groups is 1. The number of hydrogen-bond acceptors (Lipinski definition) is 2. The van der Waals surface area contributed by atoms with Crippen LogP contribution in [0, 0.1) is 0 Å². The third kappa shape index (κ3) is 2.31. The van der Waals surface area contributed by atoms with Crippen LogP contribution in [0.15, 0.2) is 41.8 Å². The Morgan fingerprint density at radius 3 is 2.75 bits per heavy atom. The number of anilines is 1. The van der Waals surface area contributed by atoms with Gasteiger partial charge in [-0.3, -0.25) is 0 Å². The van der Waals surface area contributed by atoms with Gasteiger partial charge < -0.3 is 5.73 Å². The van der Waals surface area contributed by atoms with Gasteiger partial charge in [0.25, 0.3) is 0 Å². The molecule has 1 aromatic carbocycles. The average molecular weight is 179 g/mol. The minimum Gasteiger partial charge on any atom is -0.398 e. The first-order valence-electron chi connectivity index (χ1n) is 3.87. The van der Waals surface area contributed by atoms with Crippen molar-refractivity contribution in [3.8, 4) is 0 Å². The molecule has 12 heavy (non-hydrogen) atoms. The molecule has 1 nitrogen and oxygen atoms in total. The van der Waals surface area contributed by atoms with Crippen LogP contribution in [0.4, 0.5) is 5.69 Å². The highest BCUT2D eigenvalue weighted by atomic mass is 32.2. The standard InChI is InChI=1S/C10H13NS/c1-3-8(2)12-10-7-5-4-6-9(10)11/h3-8H,1,11H2,2H3/t8-/m1/s1. The van der Waals surface area contributed by atoms with E-state index in [1.54, 1.807) is 11.8 Å². The second kappa shape index (κ2) is 4.21. The molecule has 2 heteroatoms. The predicted octanol–water partition coefficient (Wildman–Crippen LogP) is 2.94. The second-order valence-corrected chi connectivity index (χ2v) is 4.02. The van der Waals surface area contributed by atoms with Crippen LogP contribution < -0.4 is 5.73 Å². The van der Waals surface area contributed by atoms with Crippen molar-refractivity contribution < 1.29 is 0 Å². The molecule has 0 spiro atoms. The summed E-state index contributed by atoms with van der Waals surface area (Å²) in [5, 5.41) is 0.412. The molecular formula is C10H13NS. The quantitative estimate of drug-likeness (QED) is 0.438. The molecule has 0 aliphatic rings. The number of rotatable bonds is 3. The van der Waals surface area contributed by atoms with Crippen molar-refractivity contribution in [1.82, 2.24) is 0 Å². The van der Waals surface area contributed by atoms with E-state index in [2.05, 4.69) is 13.5 Å². The fourth-order valence-corrected chi connectivity index (χ4v) is 1.69. The summed E-state index contributed by atoms with van der Waals surface area (Å²) in [4.78, 5) is 1.13. The number of hydrogen-bond donors (Lipinski definition) is 1. The second-order valence-electron chi connectivity index (χ2n) is 2.60. The summed E-state index contributed by atoms with van der Waals surface area (Å²) in [7, 11) is 0.